The molecule has 3 nitrogen and oxygen atoms in total. The van der Waals surface area contributed by atoms with Crippen molar-refractivity contribution >= 4 is 17.4 Å². The van der Waals surface area contributed by atoms with E-state index < -0.39 is 6.43 Å². The standard InChI is InChI=1S/C11H16ClF2N3/c1-6(2)10-15-9(12)7(3)11(16-10)17(4)5-8(13)14/h6,8H,5H2,1-4H3. The van der Waals surface area contributed by atoms with E-state index in [0.717, 1.165) is 0 Å². The number of nitrogens with zero attached hydrogens (tertiary/aromatic N) is 3. The molecule has 0 aliphatic heterocycles. The van der Waals surface area contributed by atoms with Crippen molar-refractivity contribution in [3.63, 3.8) is 0 Å². The third kappa shape index (κ3) is 3.49. The zero-order valence-electron chi connectivity index (χ0n) is 10.3. The van der Waals surface area contributed by atoms with Crippen LogP contribution >= 0.6 is 11.6 Å². The predicted octanol–water partition coefficient (Wildman–Crippen LogP) is 3.26. The van der Waals surface area contributed by atoms with Gasteiger partial charge in [0.2, 0.25) is 0 Å². The Bertz CT molecular complexity index is 397. The highest BCUT2D eigenvalue weighted by atomic mass is 35.5. The van der Waals surface area contributed by atoms with Gasteiger partial charge in [0.25, 0.3) is 6.43 Å². The summed E-state index contributed by atoms with van der Waals surface area (Å²) in [6.45, 7) is 5.21. The fraction of sp³-hybridized carbons (Fsp3) is 0.636. The van der Waals surface area contributed by atoms with Gasteiger partial charge in [0, 0.05) is 18.5 Å². The first-order chi connectivity index (χ1) is 7.82. The van der Waals surface area contributed by atoms with Crippen molar-refractivity contribution in [1.29, 1.82) is 0 Å². The van der Waals surface area contributed by atoms with E-state index in [2.05, 4.69) is 9.97 Å². The Morgan fingerprint density at radius 1 is 1.29 bits per heavy atom. The molecular weight excluding hydrogens is 248 g/mol. The summed E-state index contributed by atoms with van der Waals surface area (Å²) in [6.07, 6.45) is -2.41. The van der Waals surface area contributed by atoms with Crippen LogP contribution in [0.2, 0.25) is 5.15 Å². The van der Waals surface area contributed by atoms with Crippen LogP contribution in [0, 0.1) is 6.92 Å². The van der Waals surface area contributed by atoms with Gasteiger partial charge in [-0.2, -0.15) is 0 Å². The molecule has 0 spiro atoms. The lowest BCUT2D eigenvalue weighted by Gasteiger charge is -2.21. The topological polar surface area (TPSA) is 29.0 Å². The molecule has 17 heavy (non-hydrogen) atoms. The maximum atomic E-state index is 12.3. The van der Waals surface area contributed by atoms with Crippen LogP contribution in [0.4, 0.5) is 14.6 Å². The summed E-state index contributed by atoms with van der Waals surface area (Å²) in [5.41, 5.74) is 0.624. The molecular formula is C11H16ClF2N3. The van der Waals surface area contributed by atoms with Crippen molar-refractivity contribution in [3.8, 4) is 0 Å². The monoisotopic (exact) mass is 263 g/mol. The molecule has 0 amide bonds. The van der Waals surface area contributed by atoms with Crippen molar-refractivity contribution in [2.24, 2.45) is 0 Å². The molecule has 0 fully saturated rings. The van der Waals surface area contributed by atoms with E-state index in [9.17, 15) is 8.78 Å². The minimum absolute atomic E-state index is 0.104. The van der Waals surface area contributed by atoms with Gasteiger partial charge >= 0.3 is 0 Å². The van der Waals surface area contributed by atoms with Gasteiger partial charge in [0.1, 0.15) is 16.8 Å². The predicted molar refractivity (Wildman–Crippen MR) is 65.1 cm³/mol. The zero-order chi connectivity index (χ0) is 13.2. The molecule has 1 aromatic heterocycles. The third-order valence-corrected chi connectivity index (χ3v) is 2.74. The van der Waals surface area contributed by atoms with Crippen LogP contribution in [0.3, 0.4) is 0 Å². The van der Waals surface area contributed by atoms with Gasteiger partial charge in [-0.3, -0.25) is 0 Å². The van der Waals surface area contributed by atoms with Crippen molar-refractivity contribution in [2.75, 3.05) is 18.5 Å². The van der Waals surface area contributed by atoms with Crippen LogP contribution in [0.1, 0.15) is 31.2 Å². The second-order valence-electron chi connectivity index (χ2n) is 4.25. The summed E-state index contributed by atoms with van der Waals surface area (Å²) in [4.78, 5) is 9.82. The molecule has 1 heterocycles. The number of hydrogen-bond donors (Lipinski definition) is 0. The van der Waals surface area contributed by atoms with E-state index in [1.54, 1.807) is 14.0 Å². The first kappa shape index (κ1) is 14.1. The molecule has 0 N–H and O–H groups in total. The summed E-state index contributed by atoms with van der Waals surface area (Å²) in [5.74, 6) is 1.14. The summed E-state index contributed by atoms with van der Waals surface area (Å²) in [5, 5.41) is 0.319. The number of aromatic nitrogens is 2. The maximum Gasteiger partial charge on any atom is 0.255 e. The maximum absolute atomic E-state index is 12.3. The van der Waals surface area contributed by atoms with E-state index in [1.165, 1.54) is 4.90 Å². The summed E-state index contributed by atoms with van der Waals surface area (Å²) in [6, 6.07) is 0. The molecule has 1 rings (SSSR count). The molecule has 0 atom stereocenters. The fourth-order valence-corrected chi connectivity index (χ4v) is 1.59. The van der Waals surface area contributed by atoms with Gasteiger partial charge in [-0.25, -0.2) is 18.7 Å². The van der Waals surface area contributed by atoms with E-state index in [4.69, 9.17) is 11.6 Å². The Kier molecular flexibility index (Phi) is 4.62. The second kappa shape index (κ2) is 5.58. The van der Waals surface area contributed by atoms with Gasteiger partial charge in [-0.1, -0.05) is 25.4 Å². The molecule has 0 saturated heterocycles. The highest BCUT2D eigenvalue weighted by Gasteiger charge is 2.17. The van der Waals surface area contributed by atoms with Gasteiger partial charge in [0.05, 0.1) is 6.54 Å². The minimum Gasteiger partial charge on any atom is -0.354 e. The zero-order valence-corrected chi connectivity index (χ0v) is 11.1. The van der Waals surface area contributed by atoms with E-state index in [0.29, 0.717) is 22.4 Å². The Morgan fingerprint density at radius 2 is 1.88 bits per heavy atom. The molecule has 6 heteroatoms. The van der Waals surface area contributed by atoms with Gasteiger partial charge in [-0.05, 0) is 6.92 Å². The largest absolute Gasteiger partial charge is 0.354 e. The summed E-state index contributed by atoms with van der Waals surface area (Å²) < 4.78 is 24.7. The fourth-order valence-electron chi connectivity index (χ4n) is 1.42. The second-order valence-corrected chi connectivity index (χ2v) is 4.61. The lowest BCUT2D eigenvalue weighted by molar-refractivity contribution is 0.156. The number of rotatable bonds is 4. The number of halogens is 3. The van der Waals surface area contributed by atoms with Crippen molar-refractivity contribution in [1.82, 2.24) is 9.97 Å². The number of anilines is 1. The molecule has 96 valence electrons. The van der Waals surface area contributed by atoms with E-state index in [1.807, 2.05) is 13.8 Å². The highest BCUT2D eigenvalue weighted by molar-refractivity contribution is 6.30. The normalized spacial score (nSPS) is 11.4. The molecule has 0 aromatic carbocycles. The van der Waals surface area contributed by atoms with Gasteiger partial charge in [-0.15, -0.1) is 0 Å². The molecule has 0 aliphatic rings. The summed E-state index contributed by atoms with van der Waals surface area (Å²) >= 11 is 5.98. The first-order valence-electron chi connectivity index (χ1n) is 5.36. The molecule has 0 saturated carbocycles. The molecule has 0 bridgehead atoms. The van der Waals surface area contributed by atoms with Crippen LogP contribution in [0.25, 0.3) is 0 Å². The van der Waals surface area contributed by atoms with Crippen LogP contribution in [0.15, 0.2) is 0 Å². The third-order valence-electron chi connectivity index (χ3n) is 2.37. The minimum atomic E-state index is -2.41. The lowest BCUT2D eigenvalue weighted by Crippen LogP contribution is -2.26. The Hall–Kier alpha value is -0.970. The van der Waals surface area contributed by atoms with Crippen LogP contribution < -0.4 is 4.90 Å². The molecule has 1 aromatic rings. The van der Waals surface area contributed by atoms with E-state index >= 15 is 0 Å². The van der Waals surface area contributed by atoms with Crippen molar-refractivity contribution < 1.29 is 8.78 Å². The molecule has 0 aliphatic carbocycles. The van der Waals surface area contributed by atoms with Crippen molar-refractivity contribution in [2.45, 2.75) is 33.1 Å². The quantitative estimate of drug-likeness (QED) is 0.781. The van der Waals surface area contributed by atoms with Crippen molar-refractivity contribution in [3.05, 3.63) is 16.5 Å². The highest BCUT2D eigenvalue weighted by Crippen LogP contribution is 2.25. The lowest BCUT2D eigenvalue weighted by atomic mass is 10.2. The van der Waals surface area contributed by atoms with Gasteiger partial charge < -0.3 is 4.90 Å². The number of alkyl halides is 2. The Morgan fingerprint density at radius 3 is 2.35 bits per heavy atom. The Labute approximate surface area is 105 Å². The smallest absolute Gasteiger partial charge is 0.255 e. The Balaban J connectivity index is 3.13. The molecule has 0 radical (unpaired) electrons. The van der Waals surface area contributed by atoms with E-state index in [-0.39, 0.29) is 12.5 Å². The van der Waals surface area contributed by atoms with Crippen LogP contribution in [0.5, 0.6) is 0 Å². The van der Waals surface area contributed by atoms with Gasteiger partial charge in [0.15, 0.2) is 0 Å². The average Bonchev–Trinajstić information content (AvgIpc) is 2.20. The number of hydrogen-bond acceptors (Lipinski definition) is 3. The SMILES string of the molecule is Cc1c(Cl)nc(C(C)C)nc1N(C)CC(F)F. The first-order valence-corrected chi connectivity index (χ1v) is 5.74. The van der Waals surface area contributed by atoms with Crippen LogP contribution in [-0.4, -0.2) is 30.0 Å². The van der Waals surface area contributed by atoms with Crippen LogP contribution in [-0.2, 0) is 0 Å². The average molecular weight is 264 g/mol. The summed E-state index contributed by atoms with van der Waals surface area (Å²) in [7, 11) is 1.57. The molecule has 0 unspecified atom stereocenters.